The van der Waals surface area contributed by atoms with Gasteiger partial charge >= 0.3 is 0 Å². The zero-order chi connectivity index (χ0) is 15.5. The molecule has 3 rings (SSSR count). The molecule has 0 aliphatic carbocycles. The predicted octanol–water partition coefficient (Wildman–Crippen LogP) is 4.79. The van der Waals surface area contributed by atoms with Crippen LogP contribution in [0.25, 0.3) is 22.2 Å². The van der Waals surface area contributed by atoms with Crippen molar-refractivity contribution in [1.82, 2.24) is 0 Å². The Morgan fingerprint density at radius 3 is 2.18 bits per heavy atom. The number of hydrogen-bond donors (Lipinski definition) is 1. The van der Waals surface area contributed by atoms with Crippen LogP contribution in [0, 0.1) is 0 Å². The Morgan fingerprint density at radius 1 is 0.909 bits per heavy atom. The highest BCUT2D eigenvalue weighted by Crippen LogP contribution is 2.31. The van der Waals surface area contributed by atoms with Gasteiger partial charge in [0.05, 0.1) is 14.2 Å². The molecule has 0 bridgehead atoms. The molecule has 0 atom stereocenters. The molecule has 0 unspecified atom stereocenters. The summed E-state index contributed by atoms with van der Waals surface area (Å²) in [5.41, 5.74) is 1.93. The summed E-state index contributed by atoms with van der Waals surface area (Å²) in [6.07, 6.45) is 3.94. The van der Waals surface area contributed by atoms with E-state index in [2.05, 4.69) is 6.07 Å². The van der Waals surface area contributed by atoms with Crippen LogP contribution in [0.15, 0.2) is 41.8 Å². The summed E-state index contributed by atoms with van der Waals surface area (Å²) >= 11 is 1.62. The summed E-state index contributed by atoms with van der Waals surface area (Å²) in [6, 6.07) is 11.5. The van der Waals surface area contributed by atoms with Crippen LogP contribution < -0.4 is 9.47 Å². The van der Waals surface area contributed by atoms with Crippen molar-refractivity contribution < 1.29 is 14.6 Å². The number of phenols is 1. The Morgan fingerprint density at radius 2 is 1.55 bits per heavy atom. The molecule has 0 saturated carbocycles. The van der Waals surface area contributed by atoms with E-state index in [1.54, 1.807) is 31.6 Å². The Balaban J connectivity index is 1.95. The third-order valence-electron chi connectivity index (χ3n) is 3.41. The number of fused-ring (bicyclic) bond motifs is 1. The third-order valence-corrected chi connectivity index (χ3v) is 4.28. The van der Waals surface area contributed by atoms with Crippen molar-refractivity contribution in [2.45, 2.75) is 0 Å². The lowest BCUT2D eigenvalue weighted by Crippen LogP contribution is -1.88. The lowest BCUT2D eigenvalue weighted by atomic mass is 10.1. The highest BCUT2D eigenvalue weighted by molar-refractivity contribution is 7.17. The topological polar surface area (TPSA) is 38.7 Å². The number of hydrogen-bond acceptors (Lipinski definition) is 4. The van der Waals surface area contributed by atoms with Gasteiger partial charge in [-0.1, -0.05) is 12.2 Å². The van der Waals surface area contributed by atoms with Gasteiger partial charge in [-0.15, -0.1) is 11.3 Å². The Kier molecular flexibility index (Phi) is 4.02. The first kappa shape index (κ1) is 14.5. The average Bonchev–Trinajstić information content (AvgIpc) is 3.01. The maximum absolute atomic E-state index is 10.0. The molecule has 0 spiro atoms. The highest BCUT2D eigenvalue weighted by atomic mass is 32.1. The van der Waals surface area contributed by atoms with E-state index in [0.717, 1.165) is 32.7 Å². The van der Waals surface area contributed by atoms with E-state index < -0.39 is 0 Å². The van der Waals surface area contributed by atoms with Gasteiger partial charge in [0.1, 0.15) is 17.2 Å². The molecule has 0 aliphatic rings. The first-order valence-corrected chi connectivity index (χ1v) is 7.69. The summed E-state index contributed by atoms with van der Waals surface area (Å²) < 4.78 is 11.6. The van der Waals surface area contributed by atoms with E-state index in [9.17, 15) is 5.11 Å². The summed E-state index contributed by atoms with van der Waals surface area (Å²) in [5.74, 6) is 1.80. The SMILES string of the molecule is COc1cc(C=Cc2cc(O)c3ccsc3c2)cc(OC)c1. The van der Waals surface area contributed by atoms with Gasteiger partial charge in [-0.3, -0.25) is 0 Å². The van der Waals surface area contributed by atoms with Crippen LogP contribution in [0.4, 0.5) is 0 Å². The molecule has 0 fully saturated rings. The van der Waals surface area contributed by atoms with Gasteiger partial charge < -0.3 is 14.6 Å². The van der Waals surface area contributed by atoms with Crippen LogP contribution in [0.2, 0.25) is 0 Å². The number of ether oxygens (including phenoxy) is 2. The van der Waals surface area contributed by atoms with Gasteiger partial charge in [0.25, 0.3) is 0 Å². The van der Waals surface area contributed by atoms with Gasteiger partial charge in [-0.25, -0.2) is 0 Å². The number of methoxy groups -OCH3 is 2. The van der Waals surface area contributed by atoms with Crippen molar-refractivity contribution in [3.8, 4) is 17.2 Å². The molecule has 0 amide bonds. The van der Waals surface area contributed by atoms with E-state index in [1.165, 1.54) is 0 Å². The second-order valence-electron chi connectivity index (χ2n) is 4.85. The molecule has 1 aromatic heterocycles. The van der Waals surface area contributed by atoms with E-state index in [4.69, 9.17) is 9.47 Å². The van der Waals surface area contributed by atoms with Crippen molar-refractivity contribution >= 4 is 33.6 Å². The Hall–Kier alpha value is -2.46. The van der Waals surface area contributed by atoms with Gasteiger partial charge in [0, 0.05) is 16.2 Å². The van der Waals surface area contributed by atoms with Crippen molar-refractivity contribution in [2.24, 2.45) is 0 Å². The molecule has 0 aliphatic heterocycles. The van der Waals surface area contributed by atoms with Gasteiger partial charge in [-0.05, 0) is 46.8 Å². The summed E-state index contributed by atoms with van der Waals surface area (Å²) in [4.78, 5) is 0. The number of benzene rings is 2. The number of thiophene rings is 1. The Labute approximate surface area is 133 Å². The van der Waals surface area contributed by atoms with Crippen LogP contribution in [-0.2, 0) is 0 Å². The number of aromatic hydroxyl groups is 1. The van der Waals surface area contributed by atoms with Gasteiger partial charge in [0.15, 0.2) is 0 Å². The van der Waals surface area contributed by atoms with Gasteiger partial charge in [0.2, 0.25) is 0 Å². The molecular weight excluding hydrogens is 296 g/mol. The maximum atomic E-state index is 10.0. The fourth-order valence-corrected chi connectivity index (χ4v) is 3.14. The largest absolute Gasteiger partial charge is 0.507 e. The molecule has 3 nitrogen and oxygen atoms in total. The lowest BCUT2D eigenvalue weighted by molar-refractivity contribution is 0.394. The average molecular weight is 312 g/mol. The van der Waals surface area contributed by atoms with Crippen molar-refractivity contribution in [1.29, 1.82) is 0 Å². The zero-order valence-corrected chi connectivity index (χ0v) is 13.2. The van der Waals surface area contributed by atoms with Crippen molar-refractivity contribution in [3.05, 3.63) is 52.9 Å². The van der Waals surface area contributed by atoms with Crippen LogP contribution in [0.5, 0.6) is 17.2 Å². The molecule has 112 valence electrons. The van der Waals surface area contributed by atoms with Gasteiger partial charge in [-0.2, -0.15) is 0 Å². The summed E-state index contributed by atoms with van der Waals surface area (Å²) in [5, 5.41) is 12.9. The number of phenolic OH excluding ortho intramolecular Hbond substituents is 1. The quantitative estimate of drug-likeness (QED) is 0.704. The second-order valence-corrected chi connectivity index (χ2v) is 5.80. The minimum atomic E-state index is 0.307. The molecule has 1 heterocycles. The van der Waals surface area contributed by atoms with Crippen LogP contribution in [0.1, 0.15) is 11.1 Å². The fraction of sp³-hybridized carbons (Fsp3) is 0.111. The van der Waals surface area contributed by atoms with Crippen LogP contribution >= 0.6 is 11.3 Å². The monoisotopic (exact) mass is 312 g/mol. The molecule has 0 radical (unpaired) electrons. The zero-order valence-electron chi connectivity index (χ0n) is 12.4. The smallest absolute Gasteiger partial charge is 0.124 e. The predicted molar refractivity (Wildman–Crippen MR) is 92.0 cm³/mol. The van der Waals surface area contributed by atoms with Crippen LogP contribution in [0.3, 0.4) is 0 Å². The minimum Gasteiger partial charge on any atom is -0.507 e. The summed E-state index contributed by atoms with van der Waals surface area (Å²) in [7, 11) is 3.26. The van der Waals surface area contributed by atoms with E-state index >= 15 is 0 Å². The first-order valence-electron chi connectivity index (χ1n) is 6.81. The third kappa shape index (κ3) is 2.92. The van der Waals surface area contributed by atoms with E-state index in [-0.39, 0.29) is 0 Å². The standard InChI is InChI=1S/C18H16O3S/c1-20-14-7-12(8-15(11-14)21-2)3-4-13-9-17(19)16-5-6-22-18(16)10-13/h3-11,19H,1-2H3. The molecular formula is C18H16O3S. The van der Waals surface area contributed by atoms with E-state index in [0.29, 0.717) is 5.75 Å². The molecule has 3 aromatic rings. The molecule has 2 aromatic carbocycles. The van der Waals surface area contributed by atoms with Crippen molar-refractivity contribution in [2.75, 3.05) is 14.2 Å². The van der Waals surface area contributed by atoms with Crippen LogP contribution in [-0.4, -0.2) is 19.3 Å². The minimum absolute atomic E-state index is 0.307. The maximum Gasteiger partial charge on any atom is 0.124 e. The highest BCUT2D eigenvalue weighted by Gasteiger charge is 2.03. The van der Waals surface area contributed by atoms with Crippen molar-refractivity contribution in [3.63, 3.8) is 0 Å². The fourth-order valence-electron chi connectivity index (χ4n) is 2.29. The second kappa shape index (κ2) is 6.12. The number of rotatable bonds is 4. The molecule has 4 heteroatoms. The lowest BCUT2D eigenvalue weighted by Gasteiger charge is -2.06. The summed E-state index contributed by atoms with van der Waals surface area (Å²) in [6.45, 7) is 0. The normalized spacial score (nSPS) is 11.2. The Bertz CT molecular complexity index is 811. The molecule has 1 N–H and O–H groups in total. The molecule has 22 heavy (non-hydrogen) atoms. The van der Waals surface area contributed by atoms with E-state index in [1.807, 2.05) is 41.8 Å². The molecule has 0 saturated heterocycles. The first-order chi connectivity index (χ1) is 10.7.